The third kappa shape index (κ3) is 3.19. The van der Waals surface area contributed by atoms with E-state index in [0.29, 0.717) is 0 Å². The third-order valence-corrected chi connectivity index (χ3v) is 4.52. The fraction of sp³-hybridized carbons (Fsp3) is 0. The van der Waals surface area contributed by atoms with Crippen LogP contribution in [-0.2, 0) is 0 Å². The molecule has 0 radical (unpaired) electrons. The van der Waals surface area contributed by atoms with Gasteiger partial charge in [0.05, 0.1) is 47.5 Å². The van der Waals surface area contributed by atoms with Gasteiger partial charge < -0.3 is 5.32 Å². The normalized spacial score (nSPS) is 9.92. The van der Waals surface area contributed by atoms with Crippen molar-refractivity contribution in [3.8, 4) is 12.1 Å². The van der Waals surface area contributed by atoms with Crippen molar-refractivity contribution in [2.45, 2.75) is 0 Å². The topological polar surface area (TPSA) is 103 Å². The number of nitro benzene ring substituents is 1. The molecule has 24 heavy (non-hydrogen) atoms. The first kappa shape index (κ1) is 18.1. The standard InChI is InChI=1S/C14H4Cl4N4O2/c15-9-2-1-6(22(23)24)3-10(9)21-14-12(17)8(5-20)7(4-19)11(16)13(14)18/h1-3,21H. The minimum Gasteiger partial charge on any atom is -0.352 e. The molecule has 2 aromatic carbocycles. The van der Waals surface area contributed by atoms with Crippen molar-refractivity contribution in [1.82, 2.24) is 0 Å². The van der Waals surface area contributed by atoms with Gasteiger partial charge in [0.2, 0.25) is 0 Å². The molecule has 2 aromatic rings. The molecule has 0 atom stereocenters. The second kappa shape index (κ2) is 7.12. The molecule has 0 aromatic heterocycles. The second-order valence-electron chi connectivity index (χ2n) is 4.34. The van der Waals surface area contributed by atoms with Crippen LogP contribution in [0.15, 0.2) is 18.2 Å². The summed E-state index contributed by atoms with van der Waals surface area (Å²) in [6, 6.07) is 7.25. The molecule has 10 heteroatoms. The maximum Gasteiger partial charge on any atom is 0.271 e. The molecular weight excluding hydrogens is 398 g/mol. The second-order valence-corrected chi connectivity index (χ2v) is 5.88. The summed E-state index contributed by atoms with van der Waals surface area (Å²) < 4.78 is 0. The maximum atomic E-state index is 10.9. The smallest absolute Gasteiger partial charge is 0.271 e. The predicted molar refractivity (Wildman–Crippen MR) is 92.3 cm³/mol. The third-order valence-electron chi connectivity index (χ3n) is 2.96. The number of nitriles is 2. The summed E-state index contributed by atoms with van der Waals surface area (Å²) >= 11 is 24.2. The Morgan fingerprint density at radius 1 is 1.00 bits per heavy atom. The Morgan fingerprint density at radius 3 is 2.12 bits per heavy atom. The molecule has 2 rings (SSSR count). The van der Waals surface area contributed by atoms with Crippen molar-refractivity contribution < 1.29 is 4.92 Å². The minimum atomic E-state index is -0.600. The van der Waals surface area contributed by atoms with E-state index in [1.54, 1.807) is 12.1 Å². The molecule has 0 aliphatic rings. The fourth-order valence-corrected chi connectivity index (χ4v) is 2.80. The van der Waals surface area contributed by atoms with Crippen LogP contribution in [0.5, 0.6) is 0 Å². The van der Waals surface area contributed by atoms with E-state index in [4.69, 9.17) is 51.7 Å². The van der Waals surface area contributed by atoms with E-state index in [9.17, 15) is 15.4 Å². The van der Waals surface area contributed by atoms with Crippen LogP contribution in [-0.4, -0.2) is 4.92 Å². The lowest BCUT2D eigenvalue weighted by Crippen LogP contribution is -1.99. The lowest BCUT2D eigenvalue weighted by atomic mass is 10.1. The summed E-state index contributed by atoms with van der Waals surface area (Å²) in [5.74, 6) is 0. The number of hydrogen-bond acceptors (Lipinski definition) is 5. The van der Waals surface area contributed by atoms with Crippen LogP contribution in [0.3, 0.4) is 0 Å². The van der Waals surface area contributed by atoms with Crippen molar-refractivity contribution >= 4 is 63.5 Å². The Hall–Kier alpha value is -2.22. The monoisotopic (exact) mass is 400 g/mol. The molecular formula is C14H4Cl4N4O2. The Labute approximate surface area is 155 Å². The van der Waals surface area contributed by atoms with Crippen LogP contribution in [0.25, 0.3) is 0 Å². The lowest BCUT2D eigenvalue weighted by Gasteiger charge is -2.15. The van der Waals surface area contributed by atoms with Gasteiger partial charge >= 0.3 is 0 Å². The molecule has 0 aliphatic carbocycles. The first-order valence-corrected chi connectivity index (χ1v) is 7.54. The van der Waals surface area contributed by atoms with Crippen LogP contribution in [0, 0.1) is 32.8 Å². The van der Waals surface area contributed by atoms with E-state index >= 15 is 0 Å². The van der Waals surface area contributed by atoms with E-state index in [1.807, 2.05) is 0 Å². The van der Waals surface area contributed by atoms with Crippen LogP contribution in [0.1, 0.15) is 11.1 Å². The number of benzene rings is 2. The van der Waals surface area contributed by atoms with Crippen molar-refractivity contribution in [2.75, 3.05) is 5.32 Å². The summed E-state index contributed by atoms with van der Waals surface area (Å²) in [6.45, 7) is 0. The number of nitrogens with one attached hydrogen (secondary N) is 1. The molecule has 0 bridgehead atoms. The first-order chi connectivity index (χ1) is 11.3. The number of rotatable bonds is 3. The van der Waals surface area contributed by atoms with Crippen molar-refractivity contribution in [3.05, 3.63) is 59.5 Å². The Balaban J connectivity index is 2.66. The summed E-state index contributed by atoms with van der Waals surface area (Å²) in [5.41, 5.74) is -0.391. The zero-order valence-electron chi connectivity index (χ0n) is 11.4. The molecule has 0 fully saturated rings. The number of anilines is 2. The minimum absolute atomic E-state index is 0.0151. The number of halogens is 4. The van der Waals surface area contributed by atoms with Gasteiger partial charge in [0, 0.05) is 12.1 Å². The highest BCUT2D eigenvalue weighted by Gasteiger charge is 2.22. The highest BCUT2D eigenvalue weighted by atomic mass is 35.5. The molecule has 0 saturated heterocycles. The summed E-state index contributed by atoms with van der Waals surface area (Å²) in [7, 11) is 0. The van der Waals surface area contributed by atoms with Gasteiger partial charge in [0.25, 0.3) is 5.69 Å². The Bertz CT molecular complexity index is 948. The molecule has 120 valence electrons. The highest BCUT2D eigenvalue weighted by molar-refractivity contribution is 6.47. The van der Waals surface area contributed by atoms with E-state index in [0.717, 1.165) is 0 Å². The highest BCUT2D eigenvalue weighted by Crippen LogP contribution is 2.44. The molecule has 6 nitrogen and oxygen atoms in total. The zero-order chi connectivity index (χ0) is 18.0. The van der Waals surface area contributed by atoms with E-state index < -0.39 is 4.92 Å². The van der Waals surface area contributed by atoms with Gasteiger partial charge in [0.15, 0.2) is 0 Å². The van der Waals surface area contributed by atoms with E-state index in [2.05, 4.69) is 5.32 Å². The molecule has 0 aliphatic heterocycles. The van der Waals surface area contributed by atoms with Crippen LogP contribution < -0.4 is 5.32 Å². The number of nitrogens with zero attached hydrogens (tertiary/aromatic N) is 3. The molecule has 1 N–H and O–H groups in total. The summed E-state index contributed by atoms with van der Waals surface area (Å²) in [5, 5.41) is 31.6. The first-order valence-electron chi connectivity index (χ1n) is 6.03. The van der Waals surface area contributed by atoms with E-state index in [-0.39, 0.29) is 48.3 Å². The Morgan fingerprint density at radius 2 is 1.58 bits per heavy atom. The van der Waals surface area contributed by atoms with Crippen LogP contribution >= 0.6 is 46.4 Å². The largest absolute Gasteiger partial charge is 0.352 e. The average molecular weight is 402 g/mol. The molecule has 0 saturated carbocycles. The van der Waals surface area contributed by atoms with Crippen LogP contribution in [0.2, 0.25) is 20.1 Å². The van der Waals surface area contributed by atoms with Crippen molar-refractivity contribution in [2.24, 2.45) is 0 Å². The summed E-state index contributed by atoms with van der Waals surface area (Å²) in [6.07, 6.45) is 0. The molecule has 0 spiro atoms. The van der Waals surface area contributed by atoms with Crippen molar-refractivity contribution in [1.29, 1.82) is 10.5 Å². The average Bonchev–Trinajstić information content (AvgIpc) is 2.55. The van der Waals surface area contributed by atoms with Crippen LogP contribution in [0.4, 0.5) is 17.1 Å². The zero-order valence-corrected chi connectivity index (χ0v) is 14.4. The van der Waals surface area contributed by atoms with Gasteiger partial charge in [-0.25, -0.2) is 0 Å². The van der Waals surface area contributed by atoms with Gasteiger partial charge in [-0.3, -0.25) is 10.1 Å². The predicted octanol–water partition coefficient (Wildman–Crippen LogP) is 5.70. The fourth-order valence-electron chi connectivity index (χ4n) is 1.84. The SMILES string of the molecule is N#Cc1c(Cl)c(Cl)c(Nc2cc([N+](=O)[O-])ccc2Cl)c(Cl)c1C#N. The van der Waals surface area contributed by atoms with E-state index in [1.165, 1.54) is 18.2 Å². The van der Waals surface area contributed by atoms with Gasteiger partial charge in [-0.15, -0.1) is 0 Å². The quantitative estimate of drug-likeness (QED) is 0.403. The summed E-state index contributed by atoms with van der Waals surface area (Å²) in [4.78, 5) is 10.3. The van der Waals surface area contributed by atoms with Gasteiger partial charge in [-0.1, -0.05) is 46.4 Å². The molecule has 0 heterocycles. The van der Waals surface area contributed by atoms with Gasteiger partial charge in [-0.2, -0.15) is 10.5 Å². The Kier molecular flexibility index (Phi) is 5.38. The number of nitro groups is 1. The molecule has 0 unspecified atom stereocenters. The lowest BCUT2D eigenvalue weighted by molar-refractivity contribution is -0.384. The van der Waals surface area contributed by atoms with Gasteiger partial charge in [-0.05, 0) is 6.07 Å². The maximum absolute atomic E-state index is 10.9. The number of hydrogen-bond donors (Lipinski definition) is 1. The van der Waals surface area contributed by atoms with Crippen molar-refractivity contribution in [3.63, 3.8) is 0 Å². The number of non-ortho nitro benzene ring substituents is 1. The molecule has 0 amide bonds. The van der Waals surface area contributed by atoms with Gasteiger partial charge in [0.1, 0.15) is 12.1 Å².